The van der Waals surface area contributed by atoms with E-state index in [1.165, 1.54) is 0 Å². The number of benzene rings is 1. The Kier molecular flexibility index (Phi) is 9.10. The number of nitrogens with zero attached hydrogens (tertiary/aromatic N) is 4. The fraction of sp³-hybridized carbons (Fsp3) is 0.320. The van der Waals surface area contributed by atoms with Crippen molar-refractivity contribution in [1.82, 2.24) is 20.1 Å². The van der Waals surface area contributed by atoms with E-state index in [2.05, 4.69) is 34.3 Å². The number of carbonyl (C=O) groups is 2. The molecule has 0 saturated carbocycles. The number of amides is 1. The highest BCUT2D eigenvalue weighted by molar-refractivity contribution is 7.15. The number of nitrogens with one attached hydrogen (secondary N) is 1. The summed E-state index contributed by atoms with van der Waals surface area (Å²) in [5, 5.41) is 22.2. The number of aromatic nitrogens is 3. The molecule has 1 aromatic carbocycles. The topological polar surface area (TPSA) is 135 Å². The SMILES string of the molecule is Cc1sc2c(c1C)C(c1ccc(Cl)cc1)=N[C@@H](CC(=O)NC(CC#CCN)C(=O)O)c1nnc(C)n1-2.Cl. The van der Waals surface area contributed by atoms with Crippen molar-refractivity contribution in [2.24, 2.45) is 10.7 Å². The first-order valence-corrected chi connectivity index (χ1v) is 12.4. The molecule has 0 spiro atoms. The van der Waals surface area contributed by atoms with E-state index in [9.17, 15) is 14.7 Å². The van der Waals surface area contributed by atoms with Crippen LogP contribution in [0.1, 0.15) is 52.1 Å². The van der Waals surface area contributed by atoms with Gasteiger partial charge in [0.2, 0.25) is 5.91 Å². The Balaban J connectivity index is 0.00000380. The third-order valence-electron chi connectivity index (χ3n) is 5.90. The number of carbonyl (C=O) groups excluding carboxylic acids is 1. The van der Waals surface area contributed by atoms with Gasteiger partial charge < -0.3 is 16.2 Å². The van der Waals surface area contributed by atoms with Gasteiger partial charge in [-0.1, -0.05) is 35.6 Å². The van der Waals surface area contributed by atoms with Crippen molar-refractivity contribution in [3.8, 4) is 16.8 Å². The van der Waals surface area contributed by atoms with Crippen LogP contribution in [0.3, 0.4) is 0 Å². The summed E-state index contributed by atoms with van der Waals surface area (Å²) in [5.74, 6) is 4.83. The van der Waals surface area contributed by atoms with Crippen LogP contribution in [0.25, 0.3) is 5.00 Å². The number of hydrogen-bond acceptors (Lipinski definition) is 7. The van der Waals surface area contributed by atoms with Gasteiger partial charge in [0.15, 0.2) is 5.82 Å². The Morgan fingerprint density at radius 1 is 1.22 bits per heavy atom. The largest absolute Gasteiger partial charge is 0.480 e. The lowest BCUT2D eigenvalue weighted by Gasteiger charge is -2.15. The molecule has 0 aliphatic carbocycles. The van der Waals surface area contributed by atoms with Crippen molar-refractivity contribution < 1.29 is 14.7 Å². The van der Waals surface area contributed by atoms with Crippen LogP contribution in [-0.2, 0) is 9.59 Å². The molecular formula is C25H26Cl2N6O3S. The molecule has 3 aromatic rings. The highest BCUT2D eigenvalue weighted by atomic mass is 35.5. The second-order valence-corrected chi connectivity index (χ2v) is 9.97. The molecule has 4 rings (SSSR count). The minimum Gasteiger partial charge on any atom is -0.480 e. The number of aliphatic imine (C=N–C) groups is 1. The van der Waals surface area contributed by atoms with Gasteiger partial charge >= 0.3 is 5.97 Å². The molecule has 0 bridgehead atoms. The minimum absolute atomic E-state index is 0. The molecule has 1 aliphatic rings. The summed E-state index contributed by atoms with van der Waals surface area (Å²) in [4.78, 5) is 30.8. The molecule has 1 unspecified atom stereocenters. The van der Waals surface area contributed by atoms with Gasteiger partial charge in [-0.05, 0) is 38.5 Å². The van der Waals surface area contributed by atoms with Gasteiger partial charge in [-0.25, -0.2) is 4.79 Å². The standard InChI is InChI=1S/C25H25ClN6O3S.ClH/c1-13-14(2)36-24-21(13)22(16-7-9-17(26)10-8-16)29-19(23-31-30-15(3)32(23)24)12-20(33)28-18(25(34)35)6-4-5-11-27;/h7-10,18-19H,6,11-12,27H2,1-3H3,(H,28,33)(H,34,35);1H/t18?,19-;/m0./s1. The first-order chi connectivity index (χ1) is 17.2. The lowest BCUT2D eigenvalue weighted by molar-refractivity contribution is -0.141. The molecule has 0 saturated heterocycles. The van der Waals surface area contributed by atoms with Crippen molar-refractivity contribution in [3.63, 3.8) is 0 Å². The van der Waals surface area contributed by atoms with Gasteiger partial charge in [0, 0.05) is 27.4 Å². The average molecular weight is 561 g/mol. The third-order valence-corrected chi connectivity index (χ3v) is 7.35. The van der Waals surface area contributed by atoms with Crippen molar-refractivity contribution in [2.75, 3.05) is 6.54 Å². The number of nitrogens with two attached hydrogens (primary N) is 1. The molecule has 3 heterocycles. The molecule has 37 heavy (non-hydrogen) atoms. The van der Waals surface area contributed by atoms with E-state index < -0.39 is 24.0 Å². The van der Waals surface area contributed by atoms with Crippen LogP contribution in [0.2, 0.25) is 5.02 Å². The van der Waals surface area contributed by atoms with Crippen LogP contribution < -0.4 is 11.1 Å². The maximum absolute atomic E-state index is 13.0. The summed E-state index contributed by atoms with van der Waals surface area (Å²) < 4.78 is 1.94. The van der Waals surface area contributed by atoms with Crippen molar-refractivity contribution in [1.29, 1.82) is 0 Å². The fourth-order valence-corrected chi connectivity index (χ4v) is 5.35. The van der Waals surface area contributed by atoms with Crippen LogP contribution >= 0.6 is 35.3 Å². The van der Waals surface area contributed by atoms with Gasteiger partial charge in [0.1, 0.15) is 22.9 Å². The summed E-state index contributed by atoms with van der Waals surface area (Å²) >= 11 is 7.75. The van der Waals surface area contributed by atoms with E-state index in [1.54, 1.807) is 23.5 Å². The molecule has 1 amide bonds. The number of fused-ring (bicyclic) bond motifs is 3. The second-order valence-electron chi connectivity index (χ2n) is 8.33. The summed E-state index contributed by atoms with van der Waals surface area (Å²) in [6.45, 7) is 6.06. The van der Waals surface area contributed by atoms with Crippen molar-refractivity contribution in [2.45, 2.75) is 45.7 Å². The van der Waals surface area contributed by atoms with Gasteiger partial charge in [0.05, 0.1) is 18.7 Å². The second kappa shape index (κ2) is 11.9. The monoisotopic (exact) mass is 560 g/mol. The van der Waals surface area contributed by atoms with Crippen molar-refractivity contribution in [3.05, 3.63) is 62.5 Å². The fourth-order valence-electron chi connectivity index (χ4n) is 4.01. The molecule has 2 aromatic heterocycles. The highest BCUT2D eigenvalue weighted by Gasteiger charge is 2.33. The highest BCUT2D eigenvalue weighted by Crippen LogP contribution is 2.39. The van der Waals surface area contributed by atoms with E-state index in [0.717, 1.165) is 32.3 Å². The molecule has 194 valence electrons. The smallest absolute Gasteiger partial charge is 0.327 e. The maximum Gasteiger partial charge on any atom is 0.327 e. The molecule has 12 heteroatoms. The summed E-state index contributed by atoms with van der Waals surface area (Å²) in [6.07, 6.45) is -0.163. The lowest BCUT2D eigenvalue weighted by Crippen LogP contribution is -2.41. The number of carboxylic acid groups (broad SMARTS) is 1. The zero-order chi connectivity index (χ0) is 26.0. The van der Waals surface area contributed by atoms with E-state index in [4.69, 9.17) is 22.3 Å². The van der Waals surface area contributed by atoms with E-state index in [-0.39, 0.29) is 31.8 Å². The summed E-state index contributed by atoms with van der Waals surface area (Å²) in [7, 11) is 0. The third kappa shape index (κ3) is 5.86. The first-order valence-electron chi connectivity index (χ1n) is 11.3. The normalized spacial score (nSPS) is 14.6. The van der Waals surface area contributed by atoms with E-state index in [1.807, 2.05) is 30.5 Å². The summed E-state index contributed by atoms with van der Waals surface area (Å²) in [5.41, 5.74) is 8.95. The van der Waals surface area contributed by atoms with Crippen LogP contribution in [0, 0.1) is 32.6 Å². The van der Waals surface area contributed by atoms with E-state index in [0.29, 0.717) is 16.7 Å². The molecule has 4 N–H and O–H groups in total. The molecule has 9 nitrogen and oxygen atoms in total. The Labute approximate surface area is 229 Å². The summed E-state index contributed by atoms with van der Waals surface area (Å²) in [6, 6.07) is 5.53. The van der Waals surface area contributed by atoms with Crippen molar-refractivity contribution >= 4 is 52.9 Å². The van der Waals surface area contributed by atoms with Crippen LogP contribution in [0.5, 0.6) is 0 Å². The lowest BCUT2D eigenvalue weighted by atomic mass is 9.99. The van der Waals surface area contributed by atoms with Gasteiger partial charge in [0.25, 0.3) is 0 Å². The molecule has 2 atom stereocenters. The van der Waals surface area contributed by atoms with Crippen LogP contribution in [-0.4, -0.2) is 50.0 Å². The number of carboxylic acids is 1. The number of thiophene rings is 1. The molecule has 0 radical (unpaired) electrons. The predicted octanol–water partition coefficient (Wildman–Crippen LogP) is 3.53. The maximum atomic E-state index is 13.0. The zero-order valence-corrected chi connectivity index (χ0v) is 22.8. The number of halogens is 2. The minimum atomic E-state index is -1.17. The number of hydrogen-bond donors (Lipinski definition) is 3. The Bertz CT molecular complexity index is 1420. The van der Waals surface area contributed by atoms with Crippen LogP contribution in [0.15, 0.2) is 29.3 Å². The Morgan fingerprint density at radius 3 is 2.57 bits per heavy atom. The van der Waals surface area contributed by atoms with Gasteiger partial charge in [-0.15, -0.1) is 33.9 Å². The predicted molar refractivity (Wildman–Crippen MR) is 146 cm³/mol. The number of aliphatic carboxylic acids is 1. The van der Waals surface area contributed by atoms with Gasteiger partial charge in [-0.2, -0.15) is 0 Å². The quantitative estimate of drug-likeness (QED) is 0.394. The zero-order valence-electron chi connectivity index (χ0n) is 20.4. The molecular weight excluding hydrogens is 535 g/mol. The first kappa shape index (κ1) is 28.3. The Morgan fingerprint density at radius 2 is 1.92 bits per heavy atom. The van der Waals surface area contributed by atoms with Gasteiger partial charge in [-0.3, -0.25) is 14.4 Å². The number of rotatable bonds is 6. The number of aryl methyl sites for hydroxylation is 2. The Hall–Kier alpha value is -3.23. The molecule has 1 aliphatic heterocycles. The average Bonchev–Trinajstić information content (AvgIpc) is 3.31. The van der Waals surface area contributed by atoms with E-state index >= 15 is 0 Å². The van der Waals surface area contributed by atoms with Crippen LogP contribution in [0.4, 0.5) is 0 Å². The molecule has 0 fully saturated rings.